The Morgan fingerprint density at radius 1 is 1.40 bits per heavy atom. The number of nitrogens with zero attached hydrogens (tertiary/aromatic N) is 3. The van der Waals surface area contributed by atoms with Gasteiger partial charge in [-0.25, -0.2) is 0 Å². The number of aromatic nitrogens is 2. The molecule has 1 fully saturated rings. The lowest BCUT2D eigenvalue weighted by Crippen LogP contribution is -2.40. The number of carbonyl (C=O) groups excluding carboxylic acids is 1. The average Bonchev–Trinajstić information content (AvgIpc) is 2.71. The van der Waals surface area contributed by atoms with E-state index in [9.17, 15) is 4.79 Å². The predicted octanol–water partition coefficient (Wildman–Crippen LogP) is 1.72. The minimum absolute atomic E-state index is 0.165. The van der Waals surface area contributed by atoms with Crippen LogP contribution in [0.1, 0.15) is 44.7 Å². The van der Waals surface area contributed by atoms with Gasteiger partial charge in [-0.1, -0.05) is 13.8 Å². The molecule has 0 spiro atoms. The van der Waals surface area contributed by atoms with Gasteiger partial charge in [-0.05, 0) is 31.7 Å². The monoisotopic (exact) mass is 278 g/mol. The van der Waals surface area contributed by atoms with Gasteiger partial charge in [-0.15, -0.1) is 0 Å². The molecule has 2 rings (SSSR count). The van der Waals surface area contributed by atoms with E-state index in [0.717, 1.165) is 31.5 Å². The fourth-order valence-electron chi connectivity index (χ4n) is 2.85. The average molecular weight is 278 g/mol. The molecule has 1 atom stereocenters. The summed E-state index contributed by atoms with van der Waals surface area (Å²) in [6.45, 7) is 6.29. The smallest absolute Gasteiger partial charge is 0.244 e. The molecule has 20 heavy (non-hydrogen) atoms. The molecular weight excluding hydrogens is 252 g/mol. The van der Waals surface area contributed by atoms with E-state index in [1.54, 1.807) is 10.9 Å². The summed E-state index contributed by atoms with van der Waals surface area (Å²) in [7, 11) is 3.70. The summed E-state index contributed by atoms with van der Waals surface area (Å²) in [4.78, 5) is 14.7. The summed E-state index contributed by atoms with van der Waals surface area (Å²) < 4.78 is 1.73. The summed E-state index contributed by atoms with van der Waals surface area (Å²) >= 11 is 0. The molecule has 0 saturated carbocycles. The van der Waals surface area contributed by atoms with Gasteiger partial charge in [-0.2, -0.15) is 5.10 Å². The first kappa shape index (κ1) is 15.0. The standard InChI is InChI=1S/C15H26N4O/c1-15(2)6-5-8-19(9-7-15)14(20)13(16-3)12-10-17-18(4)11-12/h10-11,13,16H,5-9H2,1-4H3. The van der Waals surface area contributed by atoms with Crippen molar-refractivity contribution in [2.24, 2.45) is 12.5 Å². The van der Waals surface area contributed by atoms with Gasteiger partial charge in [0.1, 0.15) is 6.04 Å². The number of aryl methyl sites for hydroxylation is 1. The van der Waals surface area contributed by atoms with E-state index < -0.39 is 0 Å². The number of rotatable bonds is 3. The van der Waals surface area contributed by atoms with Gasteiger partial charge in [0, 0.05) is 31.9 Å². The van der Waals surface area contributed by atoms with Crippen LogP contribution in [-0.4, -0.2) is 40.7 Å². The van der Waals surface area contributed by atoms with Crippen LogP contribution in [0, 0.1) is 5.41 Å². The number of hydrogen-bond acceptors (Lipinski definition) is 3. The van der Waals surface area contributed by atoms with Crippen LogP contribution in [0.15, 0.2) is 12.4 Å². The van der Waals surface area contributed by atoms with Crippen molar-refractivity contribution in [2.45, 2.75) is 39.2 Å². The van der Waals surface area contributed by atoms with Crippen molar-refractivity contribution in [3.63, 3.8) is 0 Å². The minimum Gasteiger partial charge on any atom is -0.341 e. The maximum absolute atomic E-state index is 12.7. The van der Waals surface area contributed by atoms with Crippen molar-refractivity contribution >= 4 is 5.91 Å². The molecule has 1 aromatic rings. The quantitative estimate of drug-likeness (QED) is 0.916. The fraction of sp³-hybridized carbons (Fsp3) is 0.733. The SMILES string of the molecule is CNC(C(=O)N1CCCC(C)(C)CC1)c1cnn(C)c1. The van der Waals surface area contributed by atoms with E-state index in [4.69, 9.17) is 0 Å². The normalized spacial score (nSPS) is 20.5. The number of amides is 1. The maximum Gasteiger partial charge on any atom is 0.244 e. The van der Waals surface area contributed by atoms with E-state index in [1.165, 1.54) is 6.42 Å². The molecule has 1 aliphatic heterocycles. The highest BCUT2D eigenvalue weighted by atomic mass is 16.2. The Morgan fingerprint density at radius 2 is 2.15 bits per heavy atom. The van der Waals surface area contributed by atoms with Gasteiger partial charge in [0.05, 0.1) is 6.20 Å². The van der Waals surface area contributed by atoms with Crippen molar-refractivity contribution < 1.29 is 4.79 Å². The molecule has 5 heteroatoms. The van der Waals surface area contributed by atoms with Crippen molar-refractivity contribution in [2.75, 3.05) is 20.1 Å². The Hall–Kier alpha value is -1.36. The molecule has 5 nitrogen and oxygen atoms in total. The molecular formula is C15H26N4O. The van der Waals surface area contributed by atoms with E-state index in [0.29, 0.717) is 5.41 Å². The third-order valence-corrected chi connectivity index (χ3v) is 4.25. The molecule has 0 radical (unpaired) electrons. The van der Waals surface area contributed by atoms with E-state index in [-0.39, 0.29) is 11.9 Å². The van der Waals surface area contributed by atoms with Gasteiger partial charge < -0.3 is 10.2 Å². The second kappa shape index (κ2) is 5.95. The number of carbonyl (C=O) groups is 1. The summed E-state index contributed by atoms with van der Waals surface area (Å²) in [5.74, 6) is 0.165. The summed E-state index contributed by atoms with van der Waals surface area (Å²) in [5, 5.41) is 7.29. The molecule has 0 bridgehead atoms. The molecule has 1 amide bonds. The fourth-order valence-corrected chi connectivity index (χ4v) is 2.85. The van der Waals surface area contributed by atoms with Gasteiger partial charge >= 0.3 is 0 Å². The molecule has 1 unspecified atom stereocenters. The van der Waals surface area contributed by atoms with Crippen molar-refractivity contribution in [1.29, 1.82) is 0 Å². The molecule has 1 aromatic heterocycles. The van der Waals surface area contributed by atoms with Crippen LogP contribution in [0.25, 0.3) is 0 Å². The Labute approximate surface area is 121 Å². The number of likely N-dealkylation sites (N-methyl/N-ethyl adjacent to an activating group) is 1. The van der Waals surface area contributed by atoms with E-state index in [2.05, 4.69) is 24.3 Å². The van der Waals surface area contributed by atoms with Crippen LogP contribution < -0.4 is 5.32 Å². The Morgan fingerprint density at radius 3 is 2.75 bits per heavy atom. The third kappa shape index (κ3) is 3.39. The molecule has 0 aliphatic carbocycles. The Bertz CT molecular complexity index is 466. The largest absolute Gasteiger partial charge is 0.341 e. The number of hydrogen-bond donors (Lipinski definition) is 1. The first-order valence-electron chi connectivity index (χ1n) is 7.37. The second-order valence-corrected chi connectivity index (χ2v) is 6.51. The van der Waals surface area contributed by atoms with Crippen molar-refractivity contribution in [3.05, 3.63) is 18.0 Å². The number of likely N-dealkylation sites (tertiary alicyclic amines) is 1. The summed E-state index contributed by atoms with van der Waals surface area (Å²) in [5.41, 5.74) is 1.28. The van der Waals surface area contributed by atoms with Crippen LogP contribution in [0.2, 0.25) is 0 Å². The highest BCUT2D eigenvalue weighted by molar-refractivity contribution is 5.83. The highest BCUT2D eigenvalue weighted by Gasteiger charge is 2.29. The lowest BCUT2D eigenvalue weighted by Gasteiger charge is -2.26. The maximum atomic E-state index is 12.7. The molecule has 1 N–H and O–H groups in total. The van der Waals surface area contributed by atoms with Crippen LogP contribution in [0.3, 0.4) is 0 Å². The van der Waals surface area contributed by atoms with Crippen molar-refractivity contribution in [3.8, 4) is 0 Å². The topological polar surface area (TPSA) is 50.2 Å². The zero-order valence-electron chi connectivity index (χ0n) is 13.0. The third-order valence-electron chi connectivity index (χ3n) is 4.25. The van der Waals surface area contributed by atoms with E-state index >= 15 is 0 Å². The first-order valence-corrected chi connectivity index (χ1v) is 7.37. The van der Waals surface area contributed by atoms with Gasteiger partial charge in [0.25, 0.3) is 0 Å². The van der Waals surface area contributed by atoms with Crippen LogP contribution in [0.5, 0.6) is 0 Å². The van der Waals surface area contributed by atoms with Crippen LogP contribution in [-0.2, 0) is 11.8 Å². The van der Waals surface area contributed by atoms with Gasteiger partial charge in [0.2, 0.25) is 5.91 Å². The first-order chi connectivity index (χ1) is 9.43. The van der Waals surface area contributed by atoms with Crippen LogP contribution in [0.4, 0.5) is 0 Å². The Balaban J connectivity index is 2.09. The summed E-state index contributed by atoms with van der Waals surface area (Å²) in [6.07, 6.45) is 7.01. The lowest BCUT2D eigenvalue weighted by atomic mass is 9.85. The van der Waals surface area contributed by atoms with E-state index in [1.807, 2.05) is 25.2 Å². The lowest BCUT2D eigenvalue weighted by molar-refractivity contribution is -0.133. The zero-order chi connectivity index (χ0) is 14.8. The molecule has 112 valence electrons. The van der Waals surface area contributed by atoms with Gasteiger partial charge in [-0.3, -0.25) is 9.48 Å². The molecule has 2 heterocycles. The van der Waals surface area contributed by atoms with Gasteiger partial charge in [0.15, 0.2) is 0 Å². The second-order valence-electron chi connectivity index (χ2n) is 6.51. The molecule has 0 aromatic carbocycles. The molecule has 1 aliphatic rings. The zero-order valence-corrected chi connectivity index (χ0v) is 13.0. The predicted molar refractivity (Wildman–Crippen MR) is 79.2 cm³/mol. The van der Waals surface area contributed by atoms with Crippen LogP contribution >= 0.6 is 0 Å². The minimum atomic E-state index is -0.287. The summed E-state index contributed by atoms with van der Waals surface area (Å²) in [6, 6.07) is -0.287. The highest BCUT2D eigenvalue weighted by Crippen LogP contribution is 2.30. The molecule has 1 saturated heterocycles. The van der Waals surface area contributed by atoms with Crippen molar-refractivity contribution in [1.82, 2.24) is 20.0 Å². The Kier molecular flexibility index (Phi) is 4.48. The number of nitrogens with one attached hydrogen (secondary N) is 1.